The SMILES string of the molecule is CCOC(=O)c1nnc(C)n1CCc1csc(C)n1. The third-order valence-electron chi connectivity index (χ3n) is 2.65. The first-order valence-corrected chi connectivity index (χ1v) is 6.97. The van der Waals surface area contributed by atoms with Crippen molar-refractivity contribution in [2.24, 2.45) is 0 Å². The van der Waals surface area contributed by atoms with Gasteiger partial charge in [-0.1, -0.05) is 0 Å². The van der Waals surface area contributed by atoms with Crippen LogP contribution in [-0.4, -0.2) is 32.3 Å². The highest BCUT2D eigenvalue weighted by molar-refractivity contribution is 7.09. The Bertz CT molecular complexity index is 576. The number of carbonyl (C=O) groups is 1. The second kappa shape index (κ2) is 5.92. The molecule has 0 spiro atoms. The Morgan fingerprint density at radius 1 is 1.42 bits per heavy atom. The molecule has 0 radical (unpaired) electrons. The highest BCUT2D eigenvalue weighted by Crippen LogP contribution is 2.11. The average molecular weight is 280 g/mol. The number of carbonyl (C=O) groups excluding carboxylic acids is 1. The van der Waals surface area contributed by atoms with Crippen LogP contribution >= 0.6 is 11.3 Å². The summed E-state index contributed by atoms with van der Waals surface area (Å²) < 4.78 is 6.73. The Kier molecular flexibility index (Phi) is 4.26. The van der Waals surface area contributed by atoms with Crippen molar-refractivity contribution in [3.05, 3.63) is 27.7 Å². The summed E-state index contributed by atoms with van der Waals surface area (Å²) in [6.07, 6.45) is 0.746. The first-order chi connectivity index (χ1) is 9.11. The zero-order valence-electron chi connectivity index (χ0n) is 11.2. The lowest BCUT2D eigenvalue weighted by molar-refractivity contribution is 0.0505. The van der Waals surface area contributed by atoms with E-state index in [0.717, 1.165) is 17.1 Å². The van der Waals surface area contributed by atoms with Crippen LogP contribution in [0.1, 0.15) is 34.1 Å². The van der Waals surface area contributed by atoms with Gasteiger partial charge in [0.05, 0.1) is 17.3 Å². The van der Waals surface area contributed by atoms with Gasteiger partial charge >= 0.3 is 5.97 Å². The van der Waals surface area contributed by atoms with Crippen molar-refractivity contribution in [3.63, 3.8) is 0 Å². The molecule has 0 N–H and O–H groups in total. The molecule has 2 aromatic rings. The maximum atomic E-state index is 11.7. The molecule has 0 aromatic carbocycles. The Morgan fingerprint density at radius 3 is 2.84 bits per heavy atom. The standard InChI is InChI=1S/C12H16N4O2S/c1-4-18-12(17)11-15-14-8(2)16(11)6-5-10-7-19-9(3)13-10/h7H,4-6H2,1-3H3. The predicted molar refractivity (Wildman–Crippen MR) is 71.3 cm³/mol. The normalized spacial score (nSPS) is 10.7. The second-order valence-corrected chi connectivity index (χ2v) is 5.11. The molecular formula is C12H16N4O2S. The molecule has 0 aliphatic heterocycles. The molecule has 6 nitrogen and oxygen atoms in total. The van der Waals surface area contributed by atoms with Crippen LogP contribution in [0.5, 0.6) is 0 Å². The molecular weight excluding hydrogens is 264 g/mol. The van der Waals surface area contributed by atoms with Gasteiger partial charge in [0.15, 0.2) is 0 Å². The fourth-order valence-corrected chi connectivity index (χ4v) is 2.39. The van der Waals surface area contributed by atoms with E-state index in [1.807, 2.05) is 19.2 Å². The van der Waals surface area contributed by atoms with Crippen LogP contribution in [0.2, 0.25) is 0 Å². The van der Waals surface area contributed by atoms with Crippen molar-refractivity contribution in [3.8, 4) is 0 Å². The summed E-state index contributed by atoms with van der Waals surface area (Å²) in [5.41, 5.74) is 1.02. The van der Waals surface area contributed by atoms with E-state index < -0.39 is 5.97 Å². The lowest BCUT2D eigenvalue weighted by atomic mass is 10.3. The number of nitrogens with zero attached hydrogens (tertiary/aromatic N) is 4. The Hall–Kier alpha value is -1.76. The van der Waals surface area contributed by atoms with E-state index in [2.05, 4.69) is 15.2 Å². The van der Waals surface area contributed by atoms with E-state index in [9.17, 15) is 4.79 Å². The second-order valence-electron chi connectivity index (χ2n) is 4.05. The van der Waals surface area contributed by atoms with Gasteiger partial charge in [-0.3, -0.25) is 0 Å². The molecule has 7 heteroatoms. The summed E-state index contributed by atoms with van der Waals surface area (Å²) in [5.74, 6) is 0.527. The third-order valence-corrected chi connectivity index (χ3v) is 3.47. The van der Waals surface area contributed by atoms with Gasteiger partial charge in [0, 0.05) is 18.3 Å². The molecule has 2 aromatic heterocycles. The molecule has 0 fully saturated rings. The maximum Gasteiger partial charge on any atom is 0.376 e. The Labute approximate surface area is 115 Å². The molecule has 0 unspecified atom stereocenters. The summed E-state index contributed by atoms with van der Waals surface area (Å²) in [6.45, 7) is 6.51. The van der Waals surface area contributed by atoms with Gasteiger partial charge in [-0.2, -0.15) is 0 Å². The van der Waals surface area contributed by atoms with Gasteiger partial charge in [0.2, 0.25) is 5.82 Å². The first-order valence-electron chi connectivity index (χ1n) is 6.09. The number of ether oxygens (including phenoxy) is 1. The van der Waals surface area contributed by atoms with Crippen LogP contribution in [0, 0.1) is 13.8 Å². The van der Waals surface area contributed by atoms with Gasteiger partial charge in [-0.05, 0) is 20.8 Å². The molecule has 0 bridgehead atoms. The first kappa shape index (κ1) is 13.7. The minimum absolute atomic E-state index is 0.256. The molecule has 0 aliphatic rings. The molecule has 2 rings (SSSR count). The Balaban J connectivity index is 2.11. The van der Waals surface area contributed by atoms with Crippen molar-refractivity contribution in [2.45, 2.75) is 33.7 Å². The topological polar surface area (TPSA) is 69.9 Å². The maximum absolute atomic E-state index is 11.7. The summed E-state index contributed by atoms with van der Waals surface area (Å²) in [5, 5.41) is 10.9. The summed E-state index contributed by atoms with van der Waals surface area (Å²) in [6, 6.07) is 0. The van der Waals surface area contributed by atoms with Crippen LogP contribution in [-0.2, 0) is 17.7 Å². The largest absolute Gasteiger partial charge is 0.460 e. The van der Waals surface area contributed by atoms with Crippen LogP contribution < -0.4 is 0 Å². The molecule has 0 aliphatic carbocycles. The van der Waals surface area contributed by atoms with E-state index in [4.69, 9.17) is 4.74 Å². The molecule has 19 heavy (non-hydrogen) atoms. The molecule has 2 heterocycles. The number of hydrogen-bond acceptors (Lipinski definition) is 6. The van der Waals surface area contributed by atoms with Crippen molar-refractivity contribution in [1.29, 1.82) is 0 Å². The smallest absolute Gasteiger partial charge is 0.376 e. The van der Waals surface area contributed by atoms with E-state index in [0.29, 0.717) is 19.0 Å². The van der Waals surface area contributed by atoms with Gasteiger partial charge in [0.1, 0.15) is 5.82 Å². The zero-order chi connectivity index (χ0) is 13.8. The average Bonchev–Trinajstić information content (AvgIpc) is 2.94. The van der Waals surface area contributed by atoms with Crippen LogP contribution in [0.4, 0.5) is 0 Å². The minimum Gasteiger partial charge on any atom is -0.460 e. The molecule has 0 saturated heterocycles. The molecule has 102 valence electrons. The van der Waals surface area contributed by atoms with Gasteiger partial charge in [-0.15, -0.1) is 21.5 Å². The molecule has 0 saturated carbocycles. The molecule has 0 amide bonds. The summed E-state index contributed by atoms with van der Waals surface area (Å²) in [4.78, 5) is 16.1. The quantitative estimate of drug-likeness (QED) is 0.781. The lowest BCUT2D eigenvalue weighted by Crippen LogP contribution is -2.15. The Morgan fingerprint density at radius 2 is 2.21 bits per heavy atom. The fourth-order valence-electron chi connectivity index (χ4n) is 1.74. The molecule has 0 atom stereocenters. The summed E-state index contributed by atoms with van der Waals surface area (Å²) >= 11 is 1.62. The number of esters is 1. The van der Waals surface area contributed by atoms with Crippen LogP contribution in [0.25, 0.3) is 0 Å². The van der Waals surface area contributed by atoms with Gasteiger partial charge in [0.25, 0.3) is 0 Å². The number of aryl methyl sites for hydroxylation is 3. The van der Waals surface area contributed by atoms with Gasteiger partial charge < -0.3 is 9.30 Å². The highest BCUT2D eigenvalue weighted by Gasteiger charge is 2.17. The van der Waals surface area contributed by atoms with Crippen LogP contribution in [0.3, 0.4) is 0 Å². The number of rotatable bonds is 5. The minimum atomic E-state index is -0.433. The van der Waals surface area contributed by atoms with Crippen LogP contribution in [0.15, 0.2) is 5.38 Å². The lowest BCUT2D eigenvalue weighted by Gasteiger charge is -2.06. The van der Waals surface area contributed by atoms with E-state index >= 15 is 0 Å². The number of thiazole rings is 1. The zero-order valence-corrected chi connectivity index (χ0v) is 12.0. The number of hydrogen-bond donors (Lipinski definition) is 0. The van der Waals surface area contributed by atoms with Crippen molar-refractivity contribution < 1.29 is 9.53 Å². The van der Waals surface area contributed by atoms with E-state index in [1.165, 1.54) is 0 Å². The monoisotopic (exact) mass is 280 g/mol. The van der Waals surface area contributed by atoms with E-state index in [-0.39, 0.29) is 5.82 Å². The predicted octanol–water partition coefficient (Wildman–Crippen LogP) is 1.77. The highest BCUT2D eigenvalue weighted by atomic mass is 32.1. The van der Waals surface area contributed by atoms with Gasteiger partial charge in [-0.25, -0.2) is 9.78 Å². The van der Waals surface area contributed by atoms with E-state index in [1.54, 1.807) is 22.8 Å². The van der Waals surface area contributed by atoms with Crippen molar-refractivity contribution in [1.82, 2.24) is 19.7 Å². The van der Waals surface area contributed by atoms with Crippen molar-refractivity contribution >= 4 is 17.3 Å². The fraction of sp³-hybridized carbons (Fsp3) is 0.500. The summed E-state index contributed by atoms with van der Waals surface area (Å²) in [7, 11) is 0. The van der Waals surface area contributed by atoms with Crippen molar-refractivity contribution in [2.75, 3.05) is 6.61 Å². The third kappa shape index (κ3) is 3.17. The number of aromatic nitrogens is 4.